The predicted octanol–water partition coefficient (Wildman–Crippen LogP) is 2.02. The van der Waals surface area contributed by atoms with Gasteiger partial charge in [0.1, 0.15) is 0 Å². The van der Waals surface area contributed by atoms with Crippen molar-refractivity contribution in [3.05, 3.63) is 29.8 Å². The Labute approximate surface area is 178 Å². The number of hydrogen-bond donors (Lipinski definition) is 0. The topological polar surface area (TPSA) is 89.5 Å². The van der Waals surface area contributed by atoms with E-state index in [1.54, 1.807) is 12.1 Å². The molecular weight excluding hydrogens is 424 g/mol. The summed E-state index contributed by atoms with van der Waals surface area (Å²) < 4.78 is 55.3. The van der Waals surface area contributed by atoms with E-state index in [9.17, 15) is 8.42 Å². The minimum atomic E-state index is -3.75. The van der Waals surface area contributed by atoms with Crippen LogP contribution in [0, 0.1) is 6.92 Å². The van der Waals surface area contributed by atoms with Crippen molar-refractivity contribution in [3.63, 3.8) is 0 Å². The molecule has 0 spiro atoms. The van der Waals surface area contributed by atoms with Gasteiger partial charge in [-0.05, 0) is 19.1 Å². The lowest BCUT2D eigenvalue weighted by atomic mass is 10.2. The predicted molar refractivity (Wildman–Crippen MR) is 109 cm³/mol. The number of alkyl halides is 1. The molecule has 0 heterocycles. The van der Waals surface area contributed by atoms with Gasteiger partial charge in [0.25, 0.3) is 10.1 Å². The van der Waals surface area contributed by atoms with Gasteiger partial charge >= 0.3 is 0 Å². The summed E-state index contributed by atoms with van der Waals surface area (Å²) in [6, 6.07) is 6.48. The summed E-state index contributed by atoms with van der Waals surface area (Å²) in [5.74, 6) is 0.484. The highest BCUT2D eigenvalue weighted by Gasteiger charge is 2.14. The largest absolute Gasteiger partial charge is 0.378 e. The Balaban J connectivity index is 1.86. The van der Waals surface area contributed by atoms with Crippen molar-refractivity contribution in [2.75, 3.05) is 78.6 Å². The highest BCUT2D eigenvalue weighted by Crippen LogP contribution is 2.12. The lowest BCUT2D eigenvalue weighted by molar-refractivity contribution is -0.0117. The maximum absolute atomic E-state index is 12.0. The van der Waals surface area contributed by atoms with Crippen molar-refractivity contribution in [1.82, 2.24) is 0 Å². The van der Waals surface area contributed by atoms with Crippen molar-refractivity contribution >= 4 is 21.7 Å². The van der Waals surface area contributed by atoms with E-state index in [4.69, 9.17) is 39.5 Å². The Kier molecular flexibility index (Phi) is 15.4. The molecule has 1 aromatic rings. The van der Waals surface area contributed by atoms with Crippen LogP contribution in [0.4, 0.5) is 0 Å². The molecule has 29 heavy (non-hydrogen) atoms. The van der Waals surface area contributed by atoms with Crippen molar-refractivity contribution < 1.29 is 36.3 Å². The molecule has 0 bridgehead atoms. The van der Waals surface area contributed by atoms with Crippen LogP contribution in [0.3, 0.4) is 0 Å². The first-order valence-electron chi connectivity index (χ1n) is 9.47. The standard InChI is InChI=1S/C19H31ClO8S/c1-18-2-4-19(5-3-18)29(21,22)28-17-16-27-15-14-26-13-12-25-11-10-24-9-8-23-7-6-20/h2-5H,6-17H2,1H3. The summed E-state index contributed by atoms with van der Waals surface area (Å²) in [7, 11) is -3.75. The average molecular weight is 455 g/mol. The molecule has 0 amide bonds. The maximum atomic E-state index is 12.0. The molecular formula is C19H31ClO8S. The lowest BCUT2D eigenvalue weighted by Gasteiger charge is -2.08. The number of aryl methyl sites for hydroxylation is 1. The second kappa shape index (κ2) is 17.0. The number of rotatable bonds is 19. The normalized spacial score (nSPS) is 11.8. The number of halogens is 1. The first kappa shape index (κ1) is 26.3. The van der Waals surface area contributed by atoms with Gasteiger partial charge in [0.15, 0.2) is 0 Å². The SMILES string of the molecule is Cc1ccc(S(=O)(=O)OCCOCCOCCOCCOCCOCCCl)cc1. The molecule has 0 aliphatic rings. The Hall–Kier alpha value is -0.780. The second-order valence-corrected chi connectivity index (χ2v) is 7.83. The highest BCUT2D eigenvalue weighted by atomic mass is 35.5. The smallest absolute Gasteiger partial charge is 0.297 e. The third kappa shape index (κ3) is 14.0. The molecule has 0 aliphatic heterocycles. The first-order valence-corrected chi connectivity index (χ1v) is 11.4. The van der Waals surface area contributed by atoms with Gasteiger partial charge in [-0.3, -0.25) is 4.18 Å². The first-order chi connectivity index (χ1) is 14.1. The summed E-state index contributed by atoms with van der Waals surface area (Å²) >= 11 is 5.47. The molecule has 0 unspecified atom stereocenters. The van der Waals surface area contributed by atoms with Gasteiger partial charge in [0.05, 0.1) is 77.6 Å². The molecule has 1 rings (SSSR count). The molecule has 8 nitrogen and oxygen atoms in total. The summed E-state index contributed by atoms with van der Waals surface area (Å²) in [5.41, 5.74) is 0.981. The van der Waals surface area contributed by atoms with Crippen LogP contribution in [0.5, 0.6) is 0 Å². The molecule has 0 fully saturated rings. The van der Waals surface area contributed by atoms with Crippen LogP contribution in [0.2, 0.25) is 0 Å². The lowest BCUT2D eigenvalue weighted by Crippen LogP contribution is -2.15. The van der Waals surface area contributed by atoms with E-state index in [0.717, 1.165) is 5.56 Å². The molecule has 168 valence electrons. The Bertz CT molecular complexity index is 609. The minimum Gasteiger partial charge on any atom is -0.378 e. The van der Waals surface area contributed by atoms with Crippen molar-refractivity contribution in [2.24, 2.45) is 0 Å². The maximum Gasteiger partial charge on any atom is 0.297 e. The molecule has 0 atom stereocenters. The van der Waals surface area contributed by atoms with E-state index in [1.165, 1.54) is 12.1 Å². The molecule has 0 saturated heterocycles. The second-order valence-electron chi connectivity index (χ2n) is 5.84. The molecule has 0 N–H and O–H groups in total. The Morgan fingerprint density at radius 2 is 1.03 bits per heavy atom. The molecule has 0 aromatic heterocycles. The van der Waals surface area contributed by atoms with Crippen LogP contribution in [0.25, 0.3) is 0 Å². The third-order valence-corrected chi connectivity index (χ3v) is 4.97. The van der Waals surface area contributed by atoms with Gasteiger partial charge in [0.2, 0.25) is 0 Å². The van der Waals surface area contributed by atoms with Gasteiger partial charge in [-0.15, -0.1) is 11.6 Å². The third-order valence-electron chi connectivity index (χ3n) is 3.49. The van der Waals surface area contributed by atoms with Crippen LogP contribution in [0.15, 0.2) is 29.2 Å². The summed E-state index contributed by atoms with van der Waals surface area (Å²) in [6.07, 6.45) is 0. The molecule has 0 saturated carbocycles. The molecule has 0 aliphatic carbocycles. The number of hydrogen-bond acceptors (Lipinski definition) is 8. The Morgan fingerprint density at radius 3 is 1.45 bits per heavy atom. The van der Waals surface area contributed by atoms with Crippen molar-refractivity contribution in [2.45, 2.75) is 11.8 Å². The minimum absolute atomic E-state index is 0.0454. The Morgan fingerprint density at radius 1 is 0.655 bits per heavy atom. The summed E-state index contributed by atoms with van der Waals surface area (Å²) in [4.78, 5) is 0.136. The fraction of sp³-hybridized carbons (Fsp3) is 0.684. The quantitative estimate of drug-likeness (QED) is 0.178. The van der Waals surface area contributed by atoms with E-state index in [2.05, 4.69) is 0 Å². The van der Waals surface area contributed by atoms with E-state index in [0.29, 0.717) is 65.3 Å². The number of ether oxygens (including phenoxy) is 5. The summed E-state index contributed by atoms with van der Waals surface area (Å²) in [5, 5.41) is 0. The van der Waals surface area contributed by atoms with Crippen LogP contribution in [-0.4, -0.2) is 87.0 Å². The van der Waals surface area contributed by atoms with E-state index in [1.807, 2.05) is 6.92 Å². The molecule has 10 heteroatoms. The fourth-order valence-electron chi connectivity index (χ4n) is 2.01. The zero-order valence-corrected chi connectivity index (χ0v) is 18.4. The van der Waals surface area contributed by atoms with Crippen LogP contribution < -0.4 is 0 Å². The van der Waals surface area contributed by atoms with Gasteiger partial charge in [-0.1, -0.05) is 17.7 Å². The number of benzene rings is 1. The zero-order valence-electron chi connectivity index (χ0n) is 16.8. The zero-order chi connectivity index (χ0) is 21.2. The monoisotopic (exact) mass is 454 g/mol. The van der Waals surface area contributed by atoms with E-state index in [-0.39, 0.29) is 18.1 Å². The van der Waals surface area contributed by atoms with Crippen LogP contribution in [-0.2, 0) is 38.0 Å². The molecule has 0 radical (unpaired) electrons. The van der Waals surface area contributed by atoms with E-state index >= 15 is 0 Å². The van der Waals surface area contributed by atoms with Gasteiger partial charge in [-0.2, -0.15) is 8.42 Å². The average Bonchev–Trinajstić information content (AvgIpc) is 2.70. The fourth-order valence-corrected chi connectivity index (χ4v) is 3.01. The highest BCUT2D eigenvalue weighted by molar-refractivity contribution is 7.86. The summed E-state index contributed by atoms with van der Waals surface area (Å²) in [6.45, 7) is 6.21. The van der Waals surface area contributed by atoms with Gasteiger partial charge in [-0.25, -0.2) is 0 Å². The van der Waals surface area contributed by atoms with Crippen LogP contribution in [0.1, 0.15) is 5.56 Å². The van der Waals surface area contributed by atoms with Gasteiger partial charge in [0, 0.05) is 5.88 Å². The van der Waals surface area contributed by atoms with Gasteiger partial charge < -0.3 is 23.7 Å². The van der Waals surface area contributed by atoms with E-state index < -0.39 is 10.1 Å². The van der Waals surface area contributed by atoms with Crippen molar-refractivity contribution in [1.29, 1.82) is 0 Å². The van der Waals surface area contributed by atoms with Crippen molar-refractivity contribution in [3.8, 4) is 0 Å². The van der Waals surface area contributed by atoms with Crippen LogP contribution >= 0.6 is 11.6 Å². The molecule has 1 aromatic carbocycles.